The topological polar surface area (TPSA) is 93.3 Å². The number of Topliss-reactive ketones (excluding diaryl/α,β-unsaturated/α-hetero) is 1. The zero-order valence-corrected chi connectivity index (χ0v) is 17.1. The number of rotatable bonds is 7. The number of hydrogen-bond acceptors (Lipinski definition) is 5. The minimum Gasteiger partial charge on any atom is -0.493 e. The molecular weight excluding hydrogens is 394 g/mol. The van der Waals surface area contributed by atoms with E-state index in [4.69, 9.17) is 9.47 Å². The minimum atomic E-state index is -0.320. The molecule has 2 N–H and O–H groups in total. The smallest absolute Gasteiger partial charge is 0.262 e. The molecule has 0 atom stereocenters. The fourth-order valence-electron chi connectivity index (χ4n) is 3.18. The number of aromatic nitrogens is 2. The molecule has 1 amide bonds. The van der Waals surface area contributed by atoms with Crippen LogP contribution in [-0.4, -0.2) is 35.4 Å². The van der Waals surface area contributed by atoms with Crippen molar-refractivity contribution in [3.8, 4) is 22.9 Å². The highest BCUT2D eigenvalue weighted by atomic mass is 16.5. The highest BCUT2D eigenvalue weighted by molar-refractivity contribution is 5.95. The number of nitrogens with one attached hydrogen (secondary N) is 2. The Morgan fingerprint density at radius 3 is 2.61 bits per heavy atom. The van der Waals surface area contributed by atoms with E-state index in [2.05, 4.69) is 15.3 Å². The van der Waals surface area contributed by atoms with Gasteiger partial charge in [-0.25, -0.2) is 4.98 Å². The Hall–Kier alpha value is -4.13. The summed E-state index contributed by atoms with van der Waals surface area (Å²) in [6.45, 7) is 1.27. The van der Waals surface area contributed by atoms with E-state index in [9.17, 15) is 9.59 Å². The maximum Gasteiger partial charge on any atom is 0.262 e. The molecule has 0 aliphatic heterocycles. The van der Waals surface area contributed by atoms with Crippen LogP contribution in [0.1, 0.15) is 17.3 Å². The maximum absolute atomic E-state index is 12.4. The molecule has 1 heterocycles. The Labute approximate surface area is 179 Å². The van der Waals surface area contributed by atoms with Gasteiger partial charge in [0.15, 0.2) is 23.9 Å². The molecule has 0 saturated heterocycles. The number of H-pyrrole nitrogens is 1. The van der Waals surface area contributed by atoms with Crippen molar-refractivity contribution in [1.82, 2.24) is 9.97 Å². The maximum atomic E-state index is 12.4. The molecule has 0 radical (unpaired) electrons. The van der Waals surface area contributed by atoms with E-state index >= 15 is 0 Å². The molecule has 4 rings (SSSR count). The van der Waals surface area contributed by atoms with Crippen LogP contribution in [0.25, 0.3) is 22.4 Å². The fraction of sp³-hybridized carbons (Fsp3) is 0.125. The molecule has 7 heteroatoms. The van der Waals surface area contributed by atoms with E-state index in [1.165, 1.54) is 14.0 Å². The number of carbonyl (C=O) groups is 2. The van der Waals surface area contributed by atoms with Gasteiger partial charge in [-0.15, -0.1) is 0 Å². The van der Waals surface area contributed by atoms with Crippen LogP contribution in [0, 0.1) is 0 Å². The largest absolute Gasteiger partial charge is 0.493 e. The number of ether oxygens (including phenoxy) is 2. The van der Waals surface area contributed by atoms with Crippen LogP contribution in [0.15, 0.2) is 66.7 Å². The number of hydrogen-bond donors (Lipinski definition) is 2. The summed E-state index contributed by atoms with van der Waals surface area (Å²) >= 11 is 0. The summed E-state index contributed by atoms with van der Waals surface area (Å²) in [4.78, 5) is 31.8. The second kappa shape index (κ2) is 8.71. The Kier molecular flexibility index (Phi) is 5.66. The van der Waals surface area contributed by atoms with Crippen LogP contribution in [-0.2, 0) is 4.79 Å². The molecule has 156 valence electrons. The number of para-hydroxylation sites is 2. The average Bonchev–Trinajstić information content (AvgIpc) is 3.22. The molecule has 0 fully saturated rings. The quantitative estimate of drug-likeness (QED) is 0.435. The third-order valence-electron chi connectivity index (χ3n) is 4.74. The van der Waals surface area contributed by atoms with Crippen molar-refractivity contribution in [1.29, 1.82) is 0 Å². The fourth-order valence-corrected chi connectivity index (χ4v) is 3.18. The van der Waals surface area contributed by atoms with Crippen molar-refractivity contribution < 1.29 is 19.1 Å². The van der Waals surface area contributed by atoms with Crippen molar-refractivity contribution >= 4 is 28.4 Å². The zero-order valence-electron chi connectivity index (χ0n) is 17.1. The molecule has 4 aromatic rings. The normalized spacial score (nSPS) is 10.6. The molecule has 0 aliphatic carbocycles. The molecule has 0 saturated carbocycles. The molecular formula is C24H21N3O4. The van der Waals surface area contributed by atoms with Crippen molar-refractivity contribution in [3.05, 3.63) is 72.3 Å². The Bertz CT molecular complexity index is 1230. The summed E-state index contributed by atoms with van der Waals surface area (Å²) in [7, 11) is 1.48. The molecule has 0 spiro atoms. The number of ketones is 1. The second-order valence-electron chi connectivity index (χ2n) is 6.94. The van der Waals surface area contributed by atoms with E-state index in [0.29, 0.717) is 22.7 Å². The summed E-state index contributed by atoms with van der Waals surface area (Å²) in [6.07, 6.45) is 0. The number of fused-ring (bicyclic) bond motifs is 1. The van der Waals surface area contributed by atoms with Crippen LogP contribution in [0.3, 0.4) is 0 Å². The van der Waals surface area contributed by atoms with Gasteiger partial charge in [0.1, 0.15) is 5.82 Å². The van der Waals surface area contributed by atoms with Crippen molar-refractivity contribution in [2.24, 2.45) is 0 Å². The number of aromatic amines is 1. The van der Waals surface area contributed by atoms with Gasteiger partial charge >= 0.3 is 0 Å². The number of imidazole rings is 1. The minimum absolute atomic E-state index is 0.0769. The van der Waals surface area contributed by atoms with E-state index in [1.807, 2.05) is 42.5 Å². The summed E-state index contributed by atoms with van der Waals surface area (Å²) in [5.41, 5.74) is 3.83. The number of amides is 1. The molecule has 3 aromatic carbocycles. The molecule has 0 bridgehead atoms. The highest BCUT2D eigenvalue weighted by Gasteiger charge is 2.11. The van der Waals surface area contributed by atoms with Crippen molar-refractivity contribution in [2.45, 2.75) is 6.92 Å². The lowest BCUT2D eigenvalue weighted by Crippen LogP contribution is -2.20. The van der Waals surface area contributed by atoms with E-state index in [1.54, 1.807) is 24.3 Å². The van der Waals surface area contributed by atoms with E-state index in [-0.39, 0.29) is 18.3 Å². The Morgan fingerprint density at radius 2 is 1.84 bits per heavy atom. The van der Waals surface area contributed by atoms with Crippen molar-refractivity contribution in [3.63, 3.8) is 0 Å². The van der Waals surface area contributed by atoms with Crippen molar-refractivity contribution in [2.75, 3.05) is 19.0 Å². The van der Waals surface area contributed by atoms with Gasteiger partial charge in [0.25, 0.3) is 5.91 Å². The van der Waals surface area contributed by atoms with Crippen LogP contribution < -0.4 is 14.8 Å². The lowest BCUT2D eigenvalue weighted by Gasteiger charge is -2.12. The van der Waals surface area contributed by atoms with Gasteiger partial charge < -0.3 is 19.8 Å². The van der Waals surface area contributed by atoms with Gasteiger partial charge in [-0.2, -0.15) is 0 Å². The second-order valence-corrected chi connectivity index (χ2v) is 6.94. The Morgan fingerprint density at radius 1 is 1.00 bits per heavy atom. The van der Waals surface area contributed by atoms with Crippen LogP contribution >= 0.6 is 0 Å². The van der Waals surface area contributed by atoms with Gasteiger partial charge in [0.05, 0.1) is 18.1 Å². The summed E-state index contributed by atoms with van der Waals surface area (Å²) < 4.78 is 10.8. The molecule has 31 heavy (non-hydrogen) atoms. The predicted octanol–water partition coefficient (Wildman–Crippen LogP) is 4.46. The first-order chi connectivity index (χ1) is 15.0. The number of anilines is 1. The van der Waals surface area contributed by atoms with Gasteiger partial charge in [0, 0.05) is 16.8 Å². The standard InChI is InChI=1S/C24H21N3O4/c1-15(28)16-10-11-21(22(13-16)30-2)31-14-23(29)25-18-7-5-6-17(12-18)24-26-19-8-3-4-9-20(19)27-24/h3-13H,14H2,1-2H3,(H,25,29)(H,26,27). The van der Waals surface area contributed by atoms with Crippen LogP contribution in [0.2, 0.25) is 0 Å². The number of benzene rings is 3. The van der Waals surface area contributed by atoms with Gasteiger partial charge in [-0.05, 0) is 49.4 Å². The number of methoxy groups -OCH3 is 1. The van der Waals surface area contributed by atoms with Crippen LogP contribution in [0.5, 0.6) is 11.5 Å². The summed E-state index contributed by atoms with van der Waals surface area (Å²) in [5, 5.41) is 2.82. The summed E-state index contributed by atoms with van der Waals surface area (Å²) in [6, 6.07) is 20.0. The summed E-state index contributed by atoms with van der Waals surface area (Å²) in [5.74, 6) is 1.11. The SMILES string of the molecule is COc1cc(C(C)=O)ccc1OCC(=O)Nc1cccc(-c2nc3ccccc3[nH]2)c1. The van der Waals surface area contributed by atoms with Gasteiger partial charge in [-0.1, -0.05) is 24.3 Å². The monoisotopic (exact) mass is 415 g/mol. The van der Waals surface area contributed by atoms with Gasteiger partial charge in [-0.3, -0.25) is 9.59 Å². The van der Waals surface area contributed by atoms with Gasteiger partial charge in [0.2, 0.25) is 0 Å². The van der Waals surface area contributed by atoms with E-state index in [0.717, 1.165) is 22.4 Å². The molecule has 0 aliphatic rings. The first-order valence-electron chi connectivity index (χ1n) is 9.70. The first kappa shape index (κ1) is 20.2. The number of nitrogens with zero attached hydrogens (tertiary/aromatic N) is 1. The number of carbonyl (C=O) groups excluding carboxylic acids is 2. The lowest BCUT2D eigenvalue weighted by molar-refractivity contribution is -0.118. The molecule has 0 unspecified atom stereocenters. The zero-order chi connectivity index (χ0) is 21.8. The molecule has 7 nitrogen and oxygen atoms in total. The van der Waals surface area contributed by atoms with Crippen LogP contribution in [0.4, 0.5) is 5.69 Å². The third kappa shape index (κ3) is 4.56. The average molecular weight is 415 g/mol. The van der Waals surface area contributed by atoms with E-state index < -0.39 is 0 Å². The highest BCUT2D eigenvalue weighted by Crippen LogP contribution is 2.28. The first-order valence-corrected chi connectivity index (χ1v) is 9.70. The molecule has 1 aromatic heterocycles. The lowest BCUT2D eigenvalue weighted by atomic mass is 10.1. The predicted molar refractivity (Wildman–Crippen MR) is 119 cm³/mol. The third-order valence-corrected chi connectivity index (χ3v) is 4.74. The Balaban J connectivity index is 1.43.